The Bertz CT molecular complexity index is 90.6. The maximum atomic E-state index is 5.51. The van der Waals surface area contributed by atoms with Crippen LogP contribution in [-0.4, -0.2) is 29.7 Å². The van der Waals surface area contributed by atoms with E-state index in [0.717, 1.165) is 24.1 Å². The third kappa shape index (κ3) is 10.7. The summed E-state index contributed by atoms with van der Waals surface area (Å²) in [4.78, 5) is 0. The molecule has 1 N–H and O–H groups in total. The quantitative estimate of drug-likeness (QED) is 0.468. The molecule has 0 amide bonds. The van der Waals surface area contributed by atoms with E-state index in [1.165, 1.54) is 0 Å². The van der Waals surface area contributed by atoms with Crippen LogP contribution in [0.15, 0.2) is 0 Å². The first kappa shape index (κ1) is 11.6. The number of halogens is 1. The number of nitrogens with one attached hydrogen (secondary N) is 1. The number of hydrogen-bond donors (Lipinski definition) is 1. The van der Waals surface area contributed by atoms with Gasteiger partial charge in [0.15, 0.2) is 0 Å². The molecule has 0 aliphatic heterocycles. The molecule has 0 fully saturated rings. The van der Waals surface area contributed by atoms with Crippen LogP contribution in [0.1, 0.15) is 20.8 Å². The van der Waals surface area contributed by atoms with E-state index in [2.05, 4.69) is 48.7 Å². The lowest BCUT2D eigenvalue weighted by atomic mass is 10.2. The fraction of sp³-hybridized carbons (Fsp3) is 1.00. The van der Waals surface area contributed by atoms with Crippen molar-refractivity contribution in [3.05, 3.63) is 0 Å². The maximum Gasteiger partial charge on any atom is 0.0599 e. The maximum absolute atomic E-state index is 5.51. The average molecular weight is 271 g/mol. The summed E-state index contributed by atoms with van der Waals surface area (Å²) in [6, 6.07) is 0. The minimum Gasteiger partial charge on any atom is -0.375 e. The van der Waals surface area contributed by atoms with Crippen molar-refractivity contribution in [3.8, 4) is 0 Å². The van der Waals surface area contributed by atoms with Gasteiger partial charge in [-0.3, -0.25) is 0 Å². The van der Waals surface area contributed by atoms with E-state index in [9.17, 15) is 0 Å². The zero-order chi connectivity index (χ0) is 8.74. The first-order chi connectivity index (χ1) is 5.06. The minimum atomic E-state index is 0.00596. The normalized spacial score (nSPS) is 12.0. The molecule has 0 atom stereocenters. The largest absolute Gasteiger partial charge is 0.375 e. The molecular weight excluding hydrogens is 253 g/mol. The van der Waals surface area contributed by atoms with Crippen LogP contribution in [0.4, 0.5) is 0 Å². The van der Waals surface area contributed by atoms with Gasteiger partial charge in [-0.05, 0) is 20.8 Å². The molecule has 0 aromatic heterocycles. The molecule has 0 radical (unpaired) electrons. The van der Waals surface area contributed by atoms with Gasteiger partial charge < -0.3 is 10.1 Å². The SMILES string of the molecule is CC(C)(C)OCCNCCI. The van der Waals surface area contributed by atoms with Crippen LogP contribution in [0.2, 0.25) is 0 Å². The molecule has 0 heterocycles. The Hall–Kier alpha value is 0.650. The van der Waals surface area contributed by atoms with Gasteiger partial charge in [-0.25, -0.2) is 0 Å². The molecule has 0 aliphatic rings. The number of alkyl halides is 1. The van der Waals surface area contributed by atoms with Gasteiger partial charge in [0.1, 0.15) is 0 Å². The first-order valence-electron chi connectivity index (χ1n) is 3.97. The van der Waals surface area contributed by atoms with Gasteiger partial charge in [0.25, 0.3) is 0 Å². The molecule has 0 aromatic carbocycles. The Morgan fingerprint density at radius 1 is 1.27 bits per heavy atom. The predicted molar refractivity (Wildman–Crippen MR) is 57.5 cm³/mol. The summed E-state index contributed by atoms with van der Waals surface area (Å²) in [5.74, 6) is 0. The van der Waals surface area contributed by atoms with Crippen molar-refractivity contribution in [3.63, 3.8) is 0 Å². The molecule has 0 aromatic rings. The van der Waals surface area contributed by atoms with Crippen molar-refractivity contribution in [1.82, 2.24) is 5.32 Å². The van der Waals surface area contributed by atoms with Crippen molar-refractivity contribution in [2.45, 2.75) is 26.4 Å². The highest BCUT2D eigenvalue weighted by Crippen LogP contribution is 2.04. The summed E-state index contributed by atoms with van der Waals surface area (Å²) in [6.07, 6.45) is 0. The van der Waals surface area contributed by atoms with Crippen molar-refractivity contribution in [1.29, 1.82) is 0 Å². The molecule has 0 aliphatic carbocycles. The Morgan fingerprint density at radius 3 is 2.36 bits per heavy atom. The highest BCUT2D eigenvalue weighted by Gasteiger charge is 2.08. The monoisotopic (exact) mass is 271 g/mol. The van der Waals surface area contributed by atoms with Crippen LogP contribution in [0.25, 0.3) is 0 Å². The van der Waals surface area contributed by atoms with Crippen LogP contribution < -0.4 is 5.32 Å². The summed E-state index contributed by atoms with van der Waals surface area (Å²) < 4.78 is 6.67. The molecule has 11 heavy (non-hydrogen) atoms. The van der Waals surface area contributed by atoms with Gasteiger partial charge >= 0.3 is 0 Å². The minimum absolute atomic E-state index is 0.00596. The second-order valence-corrected chi connectivity index (χ2v) is 4.48. The van der Waals surface area contributed by atoms with Gasteiger partial charge in [0.05, 0.1) is 12.2 Å². The molecule has 3 heteroatoms. The standard InChI is InChI=1S/C8H18INO/c1-8(2,3)11-7-6-10-5-4-9/h10H,4-7H2,1-3H3. The van der Waals surface area contributed by atoms with Gasteiger partial charge in [-0.2, -0.15) is 0 Å². The van der Waals surface area contributed by atoms with Gasteiger partial charge in [-0.15, -0.1) is 0 Å². The molecule has 0 rings (SSSR count). The first-order valence-corrected chi connectivity index (χ1v) is 5.49. The molecular formula is C8H18INO. The molecule has 2 nitrogen and oxygen atoms in total. The van der Waals surface area contributed by atoms with Gasteiger partial charge in [-0.1, -0.05) is 22.6 Å². The lowest BCUT2D eigenvalue weighted by molar-refractivity contribution is -0.000595. The van der Waals surface area contributed by atoms with Gasteiger partial charge in [0, 0.05) is 17.5 Å². The van der Waals surface area contributed by atoms with E-state index in [0.29, 0.717) is 0 Å². The van der Waals surface area contributed by atoms with Crippen LogP contribution in [0.5, 0.6) is 0 Å². The highest BCUT2D eigenvalue weighted by atomic mass is 127. The summed E-state index contributed by atoms with van der Waals surface area (Å²) in [6.45, 7) is 9.07. The molecule has 68 valence electrons. The van der Waals surface area contributed by atoms with Crippen LogP contribution >= 0.6 is 22.6 Å². The second-order valence-electron chi connectivity index (χ2n) is 3.40. The highest BCUT2D eigenvalue weighted by molar-refractivity contribution is 14.1. The third-order valence-electron chi connectivity index (χ3n) is 1.09. The molecule has 0 saturated heterocycles. The van der Waals surface area contributed by atoms with Crippen molar-refractivity contribution >= 4 is 22.6 Å². The van der Waals surface area contributed by atoms with E-state index in [1.54, 1.807) is 0 Å². The van der Waals surface area contributed by atoms with E-state index in [4.69, 9.17) is 4.74 Å². The number of ether oxygens (including phenoxy) is 1. The van der Waals surface area contributed by atoms with E-state index < -0.39 is 0 Å². The summed E-state index contributed by atoms with van der Waals surface area (Å²) >= 11 is 2.35. The Labute approximate surface area is 83.2 Å². The Morgan fingerprint density at radius 2 is 1.91 bits per heavy atom. The van der Waals surface area contributed by atoms with E-state index in [1.807, 2.05) is 0 Å². The summed E-state index contributed by atoms with van der Waals surface area (Å²) in [5, 5.41) is 3.28. The van der Waals surface area contributed by atoms with Crippen LogP contribution in [0, 0.1) is 0 Å². The molecule has 0 bridgehead atoms. The zero-order valence-corrected chi connectivity index (χ0v) is 9.77. The van der Waals surface area contributed by atoms with Crippen LogP contribution in [-0.2, 0) is 4.74 Å². The van der Waals surface area contributed by atoms with Crippen molar-refractivity contribution in [2.24, 2.45) is 0 Å². The van der Waals surface area contributed by atoms with E-state index >= 15 is 0 Å². The zero-order valence-electron chi connectivity index (χ0n) is 7.61. The average Bonchev–Trinajstić information content (AvgIpc) is 1.85. The van der Waals surface area contributed by atoms with Gasteiger partial charge in [0.2, 0.25) is 0 Å². The Kier molecular flexibility index (Phi) is 6.56. The summed E-state index contributed by atoms with van der Waals surface area (Å²) in [5.41, 5.74) is 0.00596. The lowest BCUT2D eigenvalue weighted by Gasteiger charge is -2.19. The van der Waals surface area contributed by atoms with Crippen molar-refractivity contribution < 1.29 is 4.74 Å². The fourth-order valence-electron chi connectivity index (χ4n) is 0.621. The van der Waals surface area contributed by atoms with Crippen LogP contribution in [0.3, 0.4) is 0 Å². The molecule has 0 saturated carbocycles. The lowest BCUT2D eigenvalue weighted by Crippen LogP contribution is -2.27. The summed E-state index contributed by atoms with van der Waals surface area (Å²) in [7, 11) is 0. The third-order valence-corrected chi connectivity index (χ3v) is 1.62. The fourth-order valence-corrected chi connectivity index (χ4v) is 1.00. The molecule has 0 unspecified atom stereocenters. The number of hydrogen-bond acceptors (Lipinski definition) is 2. The molecule has 0 spiro atoms. The van der Waals surface area contributed by atoms with Crippen molar-refractivity contribution in [2.75, 3.05) is 24.1 Å². The topological polar surface area (TPSA) is 21.3 Å². The Balaban J connectivity index is 3.02. The van der Waals surface area contributed by atoms with E-state index in [-0.39, 0.29) is 5.60 Å². The second kappa shape index (κ2) is 6.20. The predicted octanol–water partition coefficient (Wildman–Crippen LogP) is 1.83. The smallest absolute Gasteiger partial charge is 0.0599 e. The number of rotatable bonds is 5.